The molecule has 3 nitrogen and oxygen atoms in total. The molecular weight excluding hydrogens is 260 g/mol. The lowest BCUT2D eigenvalue weighted by Gasteiger charge is -2.14. The monoisotopic (exact) mass is 282 g/mol. The molecule has 2 rings (SSSR count). The van der Waals surface area contributed by atoms with Crippen LogP contribution < -0.4 is 11.1 Å². The Morgan fingerprint density at radius 3 is 2.52 bits per heavy atom. The lowest BCUT2D eigenvalue weighted by Crippen LogP contribution is -2.12. The molecule has 3 N–H and O–H groups in total. The highest BCUT2D eigenvalue weighted by Gasteiger charge is 2.06. The van der Waals surface area contributed by atoms with Crippen LogP contribution in [0.15, 0.2) is 48.5 Å². The summed E-state index contributed by atoms with van der Waals surface area (Å²) in [6.07, 6.45) is 1.06. The predicted octanol–water partition coefficient (Wildman–Crippen LogP) is 3.70. The second kappa shape index (κ2) is 6.93. The number of nitrogens with two attached hydrogens (primary N) is 1. The summed E-state index contributed by atoms with van der Waals surface area (Å²) in [7, 11) is 0. The van der Waals surface area contributed by atoms with Gasteiger partial charge in [-0.15, -0.1) is 0 Å². The summed E-state index contributed by atoms with van der Waals surface area (Å²) in [5.74, 6) is 0.131. The maximum Gasteiger partial charge on any atom is 0.248 e. The predicted molar refractivity (Wildman–Crippen MR) is 87.7 cm³/mol. The quantitative estimate of drug-likeness (QED) is 0.848. The van der Waals surface area contributed by atoms with Gasteiger partial charge in [0.2, 0.25) is 5.91 Å². The van der Waals surface area contributed by atoms with Crippen LogP contribution in [0.3, 0.4) is 0 Å². The third-order valence-electron chi connectivity index (χ3n) is 3.77. The van der Waals surface area contributed by atoms with E-state index in [9.17, 15) is 4.79 Å². The number of carbonyl (C=O) groups excluding carboxylic acids is 1. The largest absolute Gasteiger partial charge is 0.385 e. The molecule has 0 bridgehead atoms. The SMILES string of the molecule is Cc1cc(C(N)=O)ccc1NCCC(C)c1ccccc1. The number of rotatable bonds is 6. The van der Waals surface area contributed by atoms with Crippen molar-refractivity contribution in [2.75, 3.05) is 11.9 Å². The second-order valence-electron chi connectivity index (χ2n) is 5.42. The van der Waals surface area contributed by atoms with E-state index < -0.39 is 0 Å². The van der Waals surface area contributed by atoms with Crippen molar-refractivity contribution >= 4 is 11.6 Å². The molecule has 21 heavy (non-hydrogen) atoms. The average molecular weight is 282 g/mol. The summed E-state index contributed by atoms with van der Waals surface area (Å²) in [6.45, 7) is 5.11. The van der Waals surface area contributed by atoms with E-state index in [1.165, 1.54) is 5.56 Å². The van der Waals surface area contributed by atoms with Crippen LogP contribution in [-0.2, 0) is 0 Å². The van der Waals surface area contributed by atoms with Gasteiger partial charge in [-0.1, -0.05) is 37.3 Å². The molecule has 1 atom stereocenters. The molecule has 0 aliphatic rings. The van der Waals surface area contributed by atoms with Gasteiger partial charge in [0.15, 0.2) is 0 Å². The summed E-state index contributed by atoms with van der Waals surface area (Å²) >= 11 is 0. The van der Waals surface area contributed by atoms with Crippen LogP contribution >= 0.6 is 0 Å². The van der Waals surface area contributed by atoms with Gasteiger partial charge in [-0.3, -0.25) is 4.79 Å². The first-order valence-corrected chi connectivity index (χ1v) is 7.27. The van der Waals surface area contributed by atoms with Crippen LogP contribution in [0, 0.1) is 6.92 Å². The number of benzene rings is 2. The molecule has 1 unspecified atom stereocenters. The molecule has 0 aliphatic heterocycles. The van der Waals surface area contributed by atoms with Crippen molar-refractivity contribution in [1.82, 2.24) is 0 Å². The first kappa shape index (κ1) is 15.1. The van der Waals surface area contributed by atoms with E-state index in [1.54, 1.807) is 6.07 Å². The van der Waals surface area contributed by atoms with Gasteiger partial charge in [-0.05, 0) is 48.6 Å². The van der Waals surface area contributed by atoms with Gasteiger partial charge in [-0.25, -0.2) is 0 Å². The van der Waals surface area contributed by atoms with E-state index >= 15 is 0 Å². The fraction of sp³-hybridized carbons (Fsp3) is 0.278. The van der Waals surface area contributed by atoms with E-state index in [2.05, 4.69) is 36.5 Å². The molecule has 0 saturated heterocycles. The number of primary amides is 1. The normalized spacial score (nSPS) is 11.9. The zero-order valence-electron chi connectivity index (χ0n) is 12.6. The Labute approximate surface area is 126 Å². The van der Waals surface area contributed by atoms with Crippen LogP contribution in [0.5, 0.6) is 0 Å². The van der Waals surface area contributed by atoms with Crippen LogP contribution in [-0.4, -0.2) is 12.5 Å². The average Bonchev–Trinajstić information content (AvgIpc) is 2.49. The van der Waals surface area contributed by atoms with Gasteiger partial charge in [0.05, 0.1) is 0 Å². The zero-order chi connectivity index (χ0) is 15.2. The Hall–Kier alpha value is -2.29. The third kappa shape index (κ3) is 4.09. The number of hydrogen-bond acceptors (Lipinski definition) is 2. The van der Waals surface area contributed by atoms with Crippen molar-refractivity contribution < 1.29 is 4.79 Å². The lowest BCUT2D eigenvalue weighted by atomic mass is 9.98. The standard InChI is InChI=1S/C18H22N2O/c1-13(15-6-4-3-5-7-15)10-11-20-17-9-8-16(18(19)21)12-14(17)2/h3-9,12-13,20H,10-11H2,1-2H3,(H2,19,21). The highest BCUT2D eigenvalue weighted by molar-refractivity contribution is 5.93. The van der Waals surface area contributed by atoms with Crippen LogP contribution in [0.25, 0.3) is 0 Å². The summed E-state index contributed by atoms with van der Waals surface area (Å²) in [6, 6.07) is 16.0. The second-order valence-corrected chi connectivity index (χ2v) is 5.42. The molecule has 2 aromatic rings. The fourth-order valence-electron chi connectivity index (χ4n) is 2.39. The summed E-state index contributed by atoms with van der Waals surface area (Å²) < 4.78 is 0. The molecule has 0 heterocycles. The Morgan fingerprint density at radius 1 is 1.19 bits per heavy atom. The van der Waals surface area contributed by atoms with Gasteiger partial charge < -0.3 is 11.1 Å². The van der Waals surface area contributed by atoms with Crippen molar-refractivity contribution in [1.29, 1.82) is 0 Å². The smallest absolute Gasteiger partial charge is 0.248 e. The maximum absolute atomic E-state index is 11.1. The minimum Gasteiger partial charge on any atom is -0.385 e. The maximum atomic E-state index is 11.1. The number of aryl methyl sites for hydroxylation is 1. The highest BCUT2D eigenvalue weighted by atomic mass is 16.1. The van der Waals surface area contributed by atoms with Crippen LogP contribution in [0.2, 0.25) is 0 Å². The Morgan fingerprint density at radius 2 is 1.90 bits per heavy atom. The molecule has 1 amide bonds. The van der Waals surface area contributed by atoms with Crippen LogP contribution in [0.4, 0.5) is 5.69 Å². The molecule has 0 saturated carbocycles. The third-order valence-corrected chi connectivity index (χ3v) is 3.77. The Kier molecular flexibility index (Phi) is 4.99. The Balaban J connectivity index is 1.90. The fourth-order valence-corrected chi connectivity index (χ4v) is 2.39. The summed E-state index contributed by atoms with van der Waals surface area (Å²) in [4.78, 5) is 11.1. The van der Waals surface area contributed by atoms with Crippen molar-refractivity contribution in [3.63, 3.8) is 0 Å². The molecule has 2 aromatic carbocycles. The zero-order valence-corrected chi connectivity index (χ0v) is 12.6. The molecular formula is C18H22N2O. The topological polar surface area (TPSA) is 55.1 Å². The summed E-state index contributed by atoms with van der Waals surface area (Å²) in [5.41, 5.74) is 9.29. The first-order valence-electron chi connectivity index (χ1n) is 7.27. The van der Waals surface area contributed by atoms with Gasteiger partial charge >= 0.3 is 0 Å². The molecule has 0 aromatic heterocycles. The van der Waals surface area contributed by atoms with E-state index in [0.717, 1.165) is 24.2 Å². The minimum atomic E-state index is -0.387. The number of nitrogens with one attached hydrogen (secondary N) is 1. The van der Waals surface area contributed by atoms with E-state index in [-0.39, 0.29) is 5.91 Å². The van der Waals surface area contributed by atoms with Gasteiger partial charge in [0, 0.05) is 17.8 Å². The minimum absolute atomic E-state index is 0.387. The number of anilines is 1. The first-order chi connectivity index (χ1) is 10.1. The number of amides is 1. The van der Waals surface area contributed by atoms with Gasteiger partial charge in [-0.2, -0.15) is 0 Å². The summed E-state index contributed by atoms with van der Waals surface area (Å²) in [5, 5.41) is 3.43. The highest BCUT2D eigenvalue weighted by Crippen LogP contribution is 2.20. The molecule has 110 valence electrons. The lowest BCUT2D eigenvalue weighted by molar-refractivity contribution is 0.1000. The molecule has 0 radical (unpaired) electrons. The van der Waals surface area contributed by atoms with Crippen LogP contribution in [0.1, 0.15) is 40.7 Å². The van der Waals surface area contributed by atoms with E-state index in [0.29, 0.717) is 11.5 Å². The van der Waals surface area contributed by atoms with Crippen molar-refractivity contribution in [2.45, 2.75) is 26.2 Å². The number of carbonyl (C=O) groups is 1. The van der Waals surface area contributed by atoms with E-state index in [1.807, 2.05) is 25.1 Å². The van der Waals surface area contributed by atoms with Gasteiger partial charge in [0.1, 0.15) is 0 Å². The Bertz CT molecular complexity index is 608. The molecule has 0 aliphatic carbocycles. The molecule has 3 heteroatoms. The number of hydrogen-bond donors (Lipinski definition) is 2. The molecule has 0 spiro atoms. The van der Waals surface area contributed by atoms with Crippen molar-refractivity contribution in [3.05, 3.63) is 65.2 Å². The molecule has 0 fully saturated rings. The van der Waals surface area contributed by atoms with Crippen molar-refractivity contribution in [3.8, 4) is 0 Å². The van der Waals surface area contributed by atoms with E-state index in [4.69, 9.17) is 5.73 Å². The van der Waals surface area contributed by atoms with Gasteiger partial charge in [0.25, 0.3) is 0 Å². The van der Waals surface area contributed by atoms with Crippen molar-refractivity contribution in [2.24, 2.45) is 5.73 Å².